The molecule has 0 spiro atoms. The van der Waals surface area contributed by atoms with Crippen LogP contribution in [-0.2, 0) is 9.59 Å². The lowest BCUT2D eigenvalue weighted by molar-refractivity contribution is -0.126. The molecule has 1 atom stereocenters. The van der Waals surface area contributed by atoms with Crippen molar-refractivity contribution in [2.45, 2.75) is 19.9 Å². The highest BCUT2D eigenvalue weighted by Crippen LogP contribution is 2.37. The van der Waals surface area contributed by atoms with Crippen molar-refractivity contribution in [2.24, 2.45) is 10.2 Å². The van der Waals surface area contributed by atoms with Crippen LogP contribution in [0, 0.1) is 6.92 Å². The second-order valence-electron chi connectivity index (χ2n) is 5.81. The third kappa shape index (κ3) is 4.99. The zero-order chi connectivity index (χ0) is 20.8. The first-order valence-electron chi connectivity index (χ1n) is 8.17. The fraction of sp³-hybridized carbons (Fsp3) is 0.263. The molecule has 2 aromatic carbocycles. The van der Waals surface area contributed by atoms with Gasteiger partial charge in [-0.2, -0.15) is 10.2 Å². The maximum Gasteiger partial charge on any atom is 0.258 e. The Morgan fingerprint density at radius 2 is 1.82 bits per heavy atom. The first kappa shape index (κ1) is 21.7. The van der Waals surface area contributed by atoms with E-state index in [0.717, 1.165) is 5.56 Å². The van der Waals surface area contributed by atoms with Crippen molar-refractivity contribution >= 4 is 46.3 Å². The summed E-state index contributed by atoms with van der Waals surface area (Å²) in [6.07, 6.45) is 0. The molecule has 0 radical (unpaired) electrons. The summed E-state index contributed by atoms with van der Waals surface area (Å²) in [5, 5.41) is 11.1. The molecule has 1 N–H and O–H groups in total. The number of hydrogen-bond donors (Lipinski definition) is 1. The number of nitrogens with zero attached hydrogens (tertiary/aromatic N) is 2. The largest absolute Gasteiger partial charge is 0.497 e. The number of ether oxygens (including phenoxy) is 2. The third-order valence-electron chi connectivity index (χ3n) is 3.81. The molecule has 148 valence electrons. The number of nitrogens with one attached hydrogen (secondary N) is 1. The fourth-order valence-electron chi connectivity index (χ4n) is 2.37. The predicted octanol–water partition coefficient (Wildman–Crippen LogP) is 5.00. The van der Waals surface area contributed by atoms with Crippen LogP contribution in [0.5, 0.6) is 11.5 Å². The highest BCUT2D eigenvalue weighted by molar-refractivity contribution is 6.33. The highest BCUT2D eigenvalue weighted by Gasteiger charge is 2.25. The smallest absolute Gasteiger partial charge is 0.258 e. The Morgan fingerprint density at radius 1 is 1.11 bits per heavy atom. The summed E-state index contributed by atoms with van der Waals surface area (Å²) in [5.74, 6) is -0.534. The molecular formula is C19H19Cl2N3O4. The van der Waals surface area contributed by atoms with Crippen LogP contribution < -0.4 is 14.8 Å². The van der Waals surface area contributed by atoms with Crippen molar-refractivity contribution in [3.8, 4) is 11.5 Å². The number of hydrogen-bond acceptors (Lipinski definition) is 6. The SMILES string of the molecule is COc1cc(Cl)c(OC)c(NC(=O)C(N=Nc2c(C)cccc2Cl)C(C)=O)c1. The van der Waals surface area contributed by atoms with Crippen molar-refractivity contribution in [1.29, 1.82) is 0 Å². The highest BCUT2D eigenvalue weighted by atomic mass is 35.5. The lowest BCUT2D eigenvalue weighted by atomic mass is 10.2. The summed E-state index contributed by atoms with van der Waals surface area (Å²) in [6.45, 7) is 3.05. The van der Waals surface area contributed by atoms with Crippen molar-refractivity contribution < 1.29 is 19.1 Å². The van der Waals surface area contributed by atoms with Gasteiger partial charge in [0, 0.05) is 12.1 Å². The Morgan fingerprint density at radius 3 is 2.39 bits per heavy atom. The lowest BCUT2D eigenvalue weighted by Gasteiger charge is -2.15. The molecule has 1 unspecified atom stereocenters. The number of Topliss-reactive ketones (excluding diaryl/α,β-unsaturated/α-hetero) is 1. The number of benzene rings is 2. The van der Waals surface area contributed by atoms with Gasteiger partial charge in [-0.15, -0.1) is 0 Å². The summed E-state index contributed by atoms with van der Waals surface area (Å²) in [5.41, 5.74) is 1.40. The molecule has 28 heavy (non-hydrogen) atoms. The monoisotopic (exact) mass is 423 g/mol. The van der Waals surface area contributed by atoms with Crippen molar-refractivity contribution in [1.82, 2.24) is 0 Å². The average molecular weight is 424 g/mol. The Kier molecular flexibility index (Phi) is 7.37. The summed E-state index contributed by atoms with van der Waals surface area (Å²) < 4.78 is 10.4. The number of carbonyl (C=O) groups is 2. The molecule has 0 aromatic heterocycles. The van der Waals surface area contributed by atoms with Gasteiger partial charge in [0.2, 0.25) is 6.04 Å². The molecule has 0 aliphatic carbocycles. The van der Waals surface area contributed by atoms with Crippen LogP contribution in [0.25, 0.3) is 0 Å². The second-order valence-corrected chi connectivity index (χ2v) is 6.63. The minimum Gasteiger partial charge on any atom is -0.497 e. The number of carbonyl (C=O) groups excluding carboxylic acids is 2. The first-order chi connectivity index (χ1) is 13.3. The average Bonchev–Trinajstić information content (AvgIpc) is 2.63. The molecule has 9 heteroatoms. The van der Waals surface area contributed by atoms with Gasteiger partial charge >= 0.3 is 0 Å². The number of methoxy groups -OCH3 is 2. The van der Waals surface area contributed by atoms with E-state index in [4.69, 9.17) is 32.7 Å². The molecule has 0 aliphatic heterocycles. The number of halogens is 2. The van der Waals surface area contributed by atoms with Gasteiger partial charge in [-0.25, -0.2) is 0 Å². The molecule has 2 rings (SSSR count). The molecule has 0 saturated heterocycles. The van der Waals surface area contributed by atoms with Crippen LogP contribution in [-0.4, -0.2) is 32.0 Å². The Hall–Kier alpha value is -2.64. The van der Waals surface area contributed by atoms with E-state index in [0.29, 0.717) is 16.5 Å². The summed E-state index contributed by atoms with van der Waals surface area (Å²) in [4.78, 5) is 24.6. The Bertz CT molecular complexity index is 911. The van der Waals surface area contributed by atoms with Crippen LogP contribution >= 0.6 is 23.2 Å². The number of rotatable bonds is 7. The molecule has 2 aromatic rings. The molecule has 0 bridgehead atoms. The maximum absolute atomic E-state index is 12.7. The van der Waals surface area contributed by atoms with Gasteiger partial charge in [-0.05, 0) is 25.5 Å². The summed E-state index contributed by atoms with van der Waals surface area (Å²) in [6, 6.07) is 6.91. The van der Waals surface area contributed by atoms with E-state index in [1.807, 2.05) is 0 Å². The van der Waals surface area contributed by atoms with Gasteiger partial charge in [-0.3, -0.25) is 9.59 Å². The predicted molar refractivity (Wildman–Crippen MR) is 108 cm³/mol. The van der Waals surface area contributed by atoms with E-state index in [1.165, 1.54) is 27.2 Å². The lowest BCUT2D eigenvalue weighted by Crippen LogP contribution is -2.32. The van der Waals surface area contributed by atoms with Crippen LogP contribution in [0.1, 0.15) is 12.5 Å². The van der Waals surface area contributed by atoms with Crippen LogP contribution in [0.4, 0.5) is 11.4 Å². The standard InChI is InChI=1S/C19H19Cl2N3O4/c1-10-6-5-7-13(20)16(10)23-24-17(11(2)25)19(26)22-15-9-12(27-3)8-14(21)18(15)28-4/h5-9,17H,1-4H3,(H,22,26). The topological polar surface area (TPSA) is 89.3 Å². The first-order valence-corrected chi connectivity index (χ1v) is 8.92. The number of anilines is 1. The molecule has 0 fully saturated rings. The minimum absolute atomic E-state index is 0.233. The maximum atomic E-state index is 12.7. The van der Waals surface area contributed by atoms with Crippen LogP contribution in [0.2, 0.25) is 10.0 Å². The fourth-order valence-corrected chi connectivity index (χ4v) is 2.92. The van der Waals surface area contributed by atoms with Gasteiger partial charge < -0.3 is 14.8 Å². The Balaban J connectivity index is 2.33. The van der Waals surface area contributed by atoms with Gasteiger partial charge in [0.15, 0.2) is 11.5 Å². The van der Waals surface area contributed by atoms with Crippen molar-refractivity contribution in [3.05, 3.63) is 45.9 Å². The summed E-state index contributed by atoms with van der Waals surface area (Å²) >= 11 is 12.2. The van der Waals surface area contributed by atoms with Gasteiger partial charge in [0.25, 0.3) is 5.91 Å². The van der Waals surface area contributed by atoms with Gasteiger partial charge in [-0.1, -0.05) is 35.3 Å². The Labute approximate surface area is 172 Å². The van der Waals surface area contributed by atoms with Crippen LogP contribution in [0.15, 0.2) is 40.6 Å². The van der Waals surface area contributed by atoms with Gasteiger partial charge in [0.05, 0.1) is 30.0 Å². The van der Waals surface area contributed by atoms with Gasteiger partial charge in [0.1, 0.15) is 11.4 Å². The van der Waals surface area contributed by atoms with E-state index in [1.54, 1.807) is 31.2 Å². The molecular weight excluding hydrogens is 405 g/mol. The van der Waals surface area contributed by atoms with E-state index in [9.17, 15) is 9.59 Å². The molecule has 0 heterocycles. The normalized spacial score (nSPS) is 11.9. The van der Waals surface area contributed by atoms with Crippen LogP contribution in [0.3, 0.4) is 0 Å². The van der Waals surface area contributed by atoms with Crippen molar-refractivity contribution in [3.63, 3.8) is 0 Å². The quantitative estimate of drug-likeness (QED) is 0.501. The third-order valence-corrected chi connectivity index (χ3v) is 4.40. The van der Waals surface area contributed by atoms with E-state index >= 15 is 0 Å². The van der Waals surface area contributed by atoms with E-state index in [2.05, 4.69) is 15.5 Å². The van der Waals surface area contributed by atoms with Crippen molar-refractivity contribution in [2.75, 3.05) is 19.5 Å². The minimum atomic E-state index is -1.37. The molecule has 7 nitrogen and oxygen atoms in total. The summed E-state index contributed by atoms with van der Waals surface area (Å²) in [7, 11) is 2.87. The molecule has 0 aliphatic rings. The number of ketones is 1. The van der Waals surface area contributed by atoms with E-state index < -0.39 is 17.7 Å². The second kappa shape index (κ2) is 9.52. The number of azo groups is 1. The molecule has 1 amide bonds. The number of amides is 1. The molecule has 0 saturated carbocycles. The number of aryl methyl sites for hydroxylation is 1. The zero-order valence-corrected chi connectivity index (χ0v) is 17.3. The van der Waals surface area contributed by atoms with E-state index in [-0.39, 0.29) is 16.5 Å². The zero-order valence-electron chi connectivity index (χ0n) is 15.7.